The number of hydrogen-bond acceptors (Lipinski definition) is 3. The Labute approximate surface area is 123 Å². The van der Waals surface area contributed by atoms with E-state index in [0.29, 0.717) is 0 Å². The van der Waals surface area contributed by atoms with Crippen LogP contribution in [0.1, 0.15) is 51.5 Å². The van der Waals surface area contributed by atoms with Crippen molar-refractivity contribution in [2.45, 2.75) is 58.0 Å². The molecule has 0 amide bonds. The van der Waals surface area contributed by atoms with E-state index in [4.69, 9.17) is 5.73 Å². The van der Waals surface area contributed by atoms with E-state index in [2.05, 4.69) is 35.9 Å². The highest BCUT2D eigenvalue weighted by Crippen LogP contribution is 2.36. The number of aromatic nitrogens is 1. The quantitative estimate of drug-likeness (QED) is 0.867. The Hall–Kier alpha value is -0.930. The Bertz CT molecular complexity index is 382. The molecule has 0 aliphatic heterocycles. The lowest BCUT2D eigenvalue weighted by atomic mass is 9.75. The molecule has 2 N–H and O–H groups in total. The summed E-state index contributed by atoms with van der Waals surface area (Å²) in [7, 11) is 0. The third kappa shape index (κ3) is 3.58. The van der Waals surface area contributed by atoms with E-state index in [0.717, 1.165) is 25.6 Å². The Morgan fingerprint density at radius 1 is 1.30 bits per heavy atom. The summed E-state index contributed by atoms with van der Waals surface area (Å²) in [5, 5.41) is 0. The molecule has 1 fully saturated rings. The summed E-state index contributed by atoms with van der Waals surface area (Å²) in [4.78, 5) is 6.75. The molecule has 0 bridgehead atoms. The topological polar surface area (TPSA) is 42.2 Å². The van der Waals surface area contributed by atoms with E-state index in [1.165, 1.54) is 37.7 Å². The lowest BCUT2D eigenvalue weighted by molar-refractivity contribution is 0.0376. The van der Waals surface area contributed by atoms with Gasteiger partial charge in [-0.1, -0.05) is 13.8 Å². The molecule has 1 aliphatic rings. The van der Waals surface area contributed by atoms with Crippen LogP contribution in [-0.2, 0) is 6.54 Å². The largest absolute Gasteiger partial charge is 0.329 e. The third-order valence-electron chi connectivity index (χ3n) is 4.87. The zero-order valence-corrected chi connectivity index (χ0v) is 13.0. The van der Waals surface area contributed by atoms with Crippen LogP contribution in [0.5, 0.6) is 0 Å². The van der Waals surface area contributed by atoms with E-state index < -0.39 is 0 Å². The van der Waals surface area contributed by atoms with E-state index in [9.17, 15) is 0 Å². The Morgan fingerprint density at radius 3 is 2.50 bits per heavy atom. The smallest absolute Gasteiger partial charge is 0.0335 e. The Kier molecular flexibility index (Phi) is 5.55. The monoisotopic (exact) mass is 275 g/mol. The minimum atomic E-state index is 0.214. The molecule has 0 unspecified atom stereocenters. The van der Waals surface area contributed by atoms with Crippen LogP contribution in [0.3, 0.4) is 0 Å². The van der Waals surface area contributed by atoms with Crippen molar-refractivity contribution < 1.29 is 0 Å². The summed E-state index contributed by atoms with van der Waals surface area (Å²) in [5.74, 6) is 0.860. The second-order valence-electron chi connectivity index (χ2n) is 6.39. The molecule has 0 saturated heterocycles. The molecule has 1 saturated carbocycles. The number of nitrogens with zero attached hydrogens (tertiary/aromatic N) is 2. The van der Waals surface area contributed by atoms with Gasteiger partial charge >= 0.3 is 0 Å². The average Bonchev–Trinajstić information content (AvgIpc) is 2.49. The molecule has 0 atom stereocenters. The number of nitrogens with two attached hydrogens (primary N) is 1. The predicted octanol–water partition coefficient (Wildman–Crippen LogP) is 3.20. The molecule has 20 heavy (non-hydrogen) atoms. The lowest BCUT2D eigenvalue weighted by Gasteiger charge is -2.47. The van der Waals surface area contributed by atoms with Crippen molar-refractivity contribution in [1.29, 1.82) is 0 Å². The fraction of sp³-hybridized carbons (Fsp3) is 0.706. The van der Waals surface area contributed by atoms with Crippen LogP contribution < -0.4 is 5.73 Å². The summed E-state index contributed by atoms with van der Waals surface area (Å²) >= 11 is 0. The summed E-state index contributed by atoms with van der Waals surface area (Å²) in [6.45, 7) is 7.54. The molecule has 0 radical (unpaired) electrons. The van der Waals surface area contributed by atoms with Crippen molar-refractivity contribution in [3.8, 4) is 0 Å². The highest BCUT2D eigenvalue weighted by molar-refractivity contribution is 5.11. The van der Waals surface area contributed by atoms with Gasteiger partial charge in [0.2, 0.25) is 0 Å². The van der Waals surface area contributed by atoms with Gasteiger partial charge in [0.15, 0.2) is 0 Å². The molecular weight excluding hydrogens is 246 g/mol. The van der Waals surface area contributed by atoms with Gasteiger partial charge < -0.3 is 5.73 Å². The molecule has 1 aromatic rings. The first-order valence-corrected chi connectivity index (χ1v) is 8.04. The predicted molar refractivity (Wildman–Crippen MR) is 84.4 cm³/mol. The molecule has 3 nitrogen and oxygen atoms in total. The van der Waals surface area contributed by atoms with Gasteiger partial charge in [-0.15, -0.1) is 0 Å². The van der Waals surface area contributed by atoms with Crippen molar-refractivity contribution in [1.82, 2.24) is 9.88 Å². The van der Waals surface area contributed by atoms with Gasteiger partial charge in [-0.05, 0) is 62.3 Å². The molecule has 0 aromatic carbocycles. The fourth-order valence-electron chi connectivity index (χ4n) is 3.41. The summed E-state index contributed by atoms with van der Waals surface area (Å²) in [5.41, 5.74) is 7.78. The lowest BCUT2D eigenvalue weighted by Crippen LogP contribution is -2.55. The second kappa shape index (κ2) is 7.19. The van der Waals surface area contributed by atoms with Gasteiger partial charge in [-0.2, -0.15) is 0 Å². The third-order valence-corrected chi connectivity index (χ3v) is 4.87. The number of hydrogen-bond donors (Lipinski definition) is 1. The summed E-state index contributed by atoms with van der Waals surface area (Å²) in [6, 6.07) is 4.25. The van der Waals surface area contributed by atoms with Gasteiger partial charge in [0.1, 0.15) is 0 Å². The first kappa shape index (κ1) is 15.5. The van der Waals surface area contributed by atoms with Gasteiger partial charge in [0.05, 0.1) is 0 Å². The van der Waals surface area contributed by atoms with Gasteiger partial charge in [0.25, 0.3) is 0 Å². The Balaban J connectivity index is 2.13. The van der Waals surface area contributed by atoms with Gasteiger partial charge in [-0.25, -0.2) is 0 Å². The van der Waals surface area contributed by atoms with E-state index in [1.807, 2.05) is 12.4 Å². The highest BCUT2D eigenvalue weighted by atomic mass is 15.2. The van der Waals surface area contributed by atoms with Crippen molar-refractivity contribution in [2.75, 3.05) is 13.1 Å². The van der Waals surface area contributed by atoms with Crippen LogP contribution in [0.15, 0.2) is 24.5 Å². The maximum Gasteiger partial charge on any atom is 0.0335 e. The molecule has 2 rings (SSSR count). The maximum atomic E-state index is 6.21. The first-order valence-electron chi connectivity index (χ1n) is 8.04. The first-order chi connectivity index (χ1) is 9.70. The van der Waals surface area contributed by atoms with Crippen LogP contribution in [0.4, 0.5) is 0 Å². The molecule has 0 spiro atoms. The van der Waals surface area contributed by atoms with Crippen molar-refractivity contribution in [3.05, 3.63) is 30.1 Å². The fourth-order valence-corrected chi connectivity index (χ4v) is 3.41. The zero-order valence-electron chi connectivity index (χ0n) is 13.0. The molecular formula is C17H29N3. The molecule has 1 heterocycles. The average molecular weight is 275 g/mol. The van der Waals surface area contributed by atoms with E-state index in [-0.39, 0.29) is 5.54 Å². The van der Waals surface area contributed by atoms with E-state index in [1.54, 1.807) is 0 Å². The van der Waals surface area contributed by atoms with Gasteiger partial charge in [-0.3, -0.25) is 9.88 Å². The SMILES string of the molecule is CCCN(Cc1ccncc1)C1(CN)CCC(C)CC1. The van der Waals surface area contributed by atoms with Crippen molar-refractivity contribution in [3.63, 3.8) is 0 Å². The van der Waals surface area contributed by atoms with Crippen LogP contribution in [0.2, 0.25) is 0 Å². The number of pyridine rings is 1. The number of rotatable bonds is 6. The summed E-state index contributed by atoms with van der Waals surface area (Å²) in [6.07, 6.45) is 10.1. The standard InChI is InChI=1S/C17H29N3/c1-3-12-20(13-16-6-10-19-11-7-16)17(14-18)8-4-15(2)5-9-17/h6-7,10-11,15H,3-5,8-9,12-14,18H2,1-2H3. The van der Waals surface area contributed by atoms with E-state index >= 15 is 0 Å². The van der Waals surface area contributed by atoms with Crippen LogP contribution in [0.25, 0.3) is 0 Å². The highest BCUT2D eigenvalue weighted by Gasteiger charge is 2.37. The molecule has 1 aliphatic carbocycles. The van der Waals surface area contributed by atoms with Gasteiger partial charge in [0, 0.05) is 31.0 Å². The van der Waals surface area contributed by atoms with Crippen LogP contribution in [0, 0.1) is 5.92 Å². The molecule has 112 valence electrons. The van der Waals surface area contributed by atoms with Crippen molar-refractivity contribution >= 4 is 0 Å². The normalized spacial score (nSPS) is 26.9. The second-order valence-corrected chi connectivity index (χ2v) is 6.39. The van der Waals surface area contributed by atoms with Crippen molar-refractivity contribution in [2.24, 2.45) is 11.7 Å². The molecule has 3 heteroatoms. The maximum absolute atomic E-state index is 6.21. The van der Waals surface area contributed by atoms with Crippen LogP contribution >= 0.6 is 0 Å². The van der Waals surface area contributed by atoms with Crippen LogP contribution in [-0.4, -0.2) is 28.5 Å². The molecule has 1 aromatic heterocycles. The minimum absolute atomic E-state index is 0.214. The summed E-state index contributed by atoms with van der Waals surface area (Å²) < 4.78 is 0. The zero-order chi connectivity index (χ0) is 14.4. The minimum Gasteiger partial charge on any atom is -0.329 e. The Morgan fingerprint density at radius 2 is 1.95 bits per heavy atom.